The number of hydrogen-bond donors (Lipinski definition) is 0. The second-order valence-corrected chi connectivity index (χ2v) is 4.98. The van der Waals surface area contributed by atoms with Crippen LogP contribution in [0.2, 0.25) is 0 Å². The molecule has 0 unspecified atom stereocenters. The normalized spacial score (nSPS) is 10.5. The highest BCUT2D eigenvalue weighted by molar-refractivity contribution is 9.10. The molecule has 0 amide bonds. The summed E-state index contributed by atoms with van der Waals surface area (Å²) in [5.41, 5.74) is 0.931. The summed E-state index contributed by atoms with van der Waals surface area (Å²) < 4.78 is 7.83. The summed E-state index contributed by atoms with van der Waals surface area (Å²) in [5.74, 6) is 0. The van der Waals surface area contributed by atoms with Crippen molar-refractivity contribution in [3.05, 3.63) is 46.6 Å². The highest BCUT2D eigenvalue weighted by Gasteiger charge is 2.07. The molecule has 3 aromatic rings. The molecule has 18 heavy (non-hydrogen) atoms. The SMILES string of the molecule is Brc1csc(Oc2ncn(-c3ccccc3)n2)n1. The Balaban J connectivity index is 1.82. The molecule has 0 bridgehead atoms. The van der Waals surface area contributed by atoms with Crippen molar-refractivity contribution in [1.29, 1.82) is 0 Å². The molecule has 0 spiro atoms. The van der Waals surface area contributed by atoms with Gasteiger partial charge in [0.25, 0.3) is 5.19 Å². The number of benzene rings is 1. The van der Waals surface area contributed by atoms with E-state index in [4.69, 9.17) is 4.74 Å². The fourth-order valence-electron chi connectivity index (χ4n) is 1.36. The van der Waals surface area contributed by atoms with Crippen molar-refractivity contribution in [2.24, 2.45) is 0 Å². The van der Waals surface area contributed by atoms with Crippen molar-refractivity contribution in [3.8, 4) is 16.9 Å². The lowest BCUT2D eigenvalue weighted by atomic mass is 10.3. The number of halogens is 1. The summed E-state index contributed by atoms with van der Waals surface area (Å²) in [6, 6.07) is 9.99. The van der Waals surface area contributed by atoms with Gasteiger partial charge < -0.3 is 4.74 Å². The number of para-hydroxylation sites is 1. The summed E-state index contributed by atoms with van der Waals surface area (Å²) in [4.78, 5) is 8.19. The lowest BCUT2D eigenvalue weighted by Crippen LogP contribution is -1.94. The Morgan fingerprint density at radius 1 is 1.22 bits per heavy atom. The molecule has 0 aliphatic rings. The predicted molar refractivity (Wildman–Crippen MR) is 71.2 cm³/mol. The van der Waals surface area contributed by atoms with Gasteiger partial charge in [0, 0.05) is 5.38 Å². The standard InChI is InChI=1S/C11H7BrN4OS/c12-9-6-18-11(14-9)17-10-13-7-16(15-10)8-4-2-1-3-5-8/h1-7H. The lowest BCUT2D eigenvalue weighted by Gasteiger charge is -1.97. The first-order valence-corrected chi connectivity index (χ1v) is 6.74. The Bertz CT molecular complexity index is 652. The van der Waals surface area contributed by atoms with Gasteiger partial charge in [-0.2, -0.15) is 9.97 Å². The summed E-state index contributed by atoms with van der Waals surface area (Å²) >= 11 is 4.64. The average Bonchev–Trinajstić information content (AvgIpc) is 3.01. The Hall–Kier alpha value is -1.73. The number of ether oxygens (including phenoxy) is 1. The van der Waals surface area contributed by atoms with Gasteiger partial charge >= 0.3 is 6.01 Å². The van der Waals surface area contributed by atoms with E-state index >= 15 is 0 Å². The first kappa shape index (κ1) is 11.4. The van der Waals surface area contributed by atoms with Crippen LogP contribution in [0.3, 0.4) is 0 Å². The first-order chi connectivity index (χ1) is 8.81. The molecule has 0 N–H and O–H groups in total. The molecule has 0 atom stereocenters. The number of thiazole rings is 1. The summed E-state index contributed by atoms with van der Waals surface area (Å²) in [6.45, 7) is 0. The number of aromatic nitrogens is 4. The maximum absolute atomic E-state index is 5.44. The molecule has 0 saturated carbocycles. The summed E-state index contributed by atoms with van der Waals surface area (Å²) in [5, 5.41) is 6.56. The molecular weight excluding hydrogens is 316 g/mol. The van der Waals surface area contributed by atoms with E-state index in [1.165, 1.54) is 11.3 Å². The molecule has 0 fully saturated rings. The Morgan fingerprint density at radius 2 is 2.06 bits per heavy atom. The quantitative estimate of drug-likeness (QED) is 0.742. The van der Waals surface area contributed by atoms with E-state index < -0.39 is 0 Å². The number of rotatable bonds is 3. The maximum atomic E-state index is 5.44. The van der Waals surface area contributed by atoms with Crippen LogP contribution in [-0.4, -0.2) is 19.7 Å². The zero-order chi connectivity index (χ0) is 12.4. The second kappa shape index (κ2) is 4.87. The van der Waals surface area contributed by atoms with Crippen molar-refractivity contribution in [3.63, 3.8) is 0 Å². The molecule has 0 aliphatic heterocycles. The van der Waals surface area contributed by atoms with E-state index in [-0.39, 0.29) is 6.01 Å². The monoisotopic (exact) mass is 322 g/mol. The number of hydrogen-bond acceptors (Lipinski definition) is 5. The van der Waals surface area contributed by atoms with Crippen molar-refractivity contribution in [2.45, 2.75) is 0 Å². The molecule has 0 saturated heterocycles. The van der Waals surface area contributed by atoms with Gasteiger partial charge in [-0.15, -0.1) is 5.10 Å². The van der Waals surface area contributed by atoms with Crippen molar-refractivity contribution < 1.29 is 4.74 Å². The molecule has 2 aromatic heterocycles. The highest BCUT2D eigenvalue weighted by atomic mass is 79.9. The van der Waals surface area contributed by atoms with Gasteiger partial charge in [-0.05, 0) is 28.1 Å². The van der Waals surface area contributed by atoms with Crippen LogP contribution in [0.1, 0.15) is 0 Å². The smallest absolute Gasteiger partial charge is 0.343 e. The van der Waals surface area contributed by atoms with Gasteiger partial charge in [0.05, 0.1) is 5.69 Å². The zero-order valence-corrected chi connectivity index (χ0v) is 11.4. The van der Waals surface area contributed by atoms with E-state index in [1.54, 1.807) is 11.0 Å². The van der Waals surface area contributed by atoms with Gasteiger partial charge in [0.1, 0.15) is 10.9 Å². The van der Waals surface area contributed by atoms with Gasteiger partial charge in [0.15, 0.2) is 0 Å². The van der Waals surface area contributed by atoms with Crippen molar-refractivity contribution >= 4 is 27.3 Å². The van der Waals surface area contributed by atoms with Crippen LogP contribution in [0.25, 0.3) is 5.69 Å². The Labute approximate surface area is 115 Å². The van der Waals surface area contributed by atoms with E-state index in [1.807, 2.05) is 35.7 Å². The fourth-order valence-corrected chi connectivity index (χ4v) is 2.45. The largest absolute Gasteiger partial charge is 0.394 e. The maximum Gasteiger partial charge on any atom is 0.343 e. The Morgan fingerprint density at radius 3 is 2.78 bits per heavy atom. The molecule has 0 radical (unpaired) electrons. The van der Waals surface area contributed by atoms with Gasteiger partial charge in [-0.1, -0.05) is 29.5 Å². The minimum Gasteiger partial charge on any atom is -0.394 e. The third-order valence-corrected chi connectivity index (χ3v) is 3.55. The first-order valence-electron chi connectivity index (χ1n) is 5.07. The van der Waals surface area contributed by atoms with Crippen molar-refractivity contribution in [2.75, 3.05) is 0 Å². The summed E-state index contributed by atoms with van der Waals surface area (Å²) in [6.07, 6.45) is 1.60. The zero-order valence-electron chi connectivity index (χ0n) is 9.02. The average molecular weight is 323 g/mol. The van der Waals surface area contributed by atoms with Crippen LogP contribution in [0, 0.1) is 0 Å². The van der Waals surface area contributed by atoms with Gasteiger partial charge in [-0.25, -0.2) is 4.68 Å². The molecule has 3 rings (SSSR count). The summed E-state index contributed by atoms with van der Waals surface area (Å²) in [7, 11) is 0. The molecule has 0 aliphatic carbocycles. The van der Waals surface area contributed by atoms with Crippen LogP contribution in [-0.2, 0) is 0 Å². The molecule has 2 heterocycles. The molecule has 5 nitrogen and oxygen atoms in total. The van der Waals surface area contributed by atoms with Crippen LogP contribution >= 0.6 is 27.3 Å². The predicted octanol–water partition coefficient (Wildman–Crippen LogP) is 3.28. The minimum absolute atomic E-state index is 0.278. The highest BCUT2D eigenvalue weighted by Crippen LogP contribution is 2.25. The topological polar surface area (TPSA) is 52.8 Å². The minimum atomic E-state index is 0.278. The van der Waals surface area contributed by atoms with E-state index in [0.29, 0.717) is 5.19 Å². The van der Waals surface area contributed by atoms with E-state index in [0.717, 1.165) is 10.3 Å². The third-order valence-electron chi connectivity index (χ3n) is 2.13. The molecule has 7 heteroatoms. The fraction of sp³-hybridized carbons (Fsp3) is 0. The molecule has 90 valence electrons. The van der Waals surface area contributed by atoms with E-state index in [9.17, 15) is 0 Å². The lowest BCUT2D eigenvalue weighted by molar-refractivity contribution is 0.438. The molecular formula is C11H7BrN4OS. The van der Waals surface area contributed by atoms with Crippen LogP contribution in [0.4, 0.5) is 0 Å². The number of nitrogens with zero attached hydrogens (tertiary/aromatic N) is 4. The van der Waals surface area contributed by atoms with Crippen LogP contribution < -0.4 is 4.74 Å². The van der Waals surface area contributed by atoms with Crippen molar-refractivity contribution in [1.82, 2.24) is 19.7 Å². The Kier molecular flexibility index (Phi) is 3.07. The van der Waals surface area contributed by atoms with Gasteiger partial charge in [-0.3, -0.25) is 0 Å². The second-order valence-electron chi connectivity index (χ2n) is 3.35. The van der Waals surface area contributed by atoms with Crippen LogP contribution in [0.15, 0.2) is 46.6 Å². The van der Waals surface area contributed by atoms with Gasteiger partial charge in [0.2, 0.25) is 0 Å². The van der Waals surface area contributed by atoms with E-state index in [2.05, 4.69) is 31.0 Å². The third kappa shape index (κ3) is 2.41. The van der Waals surface area contributed by atoms with Crippen LogP contribution in [0.5, 0.6) is 11.2 Å². The molecule has 1 aromatic carbocycles.